The van der Waals surface area contributed by atoms with Gasteiger partial charge in [-0.3, -0.25) is 15.3 Å². The van der Waals surface area contributed by atoms with E-state index >= 15 is 0 Å². The number of amides is 2. The van der Waals surface area contributed by atoms with Gasteiger partial charge in [-0.05, 0) is 41.8 Å². The van der Waals surface area contributed by atoms with Crippen LogP contribution in [0.2, 0.25) is 0 Å². The Bertz CT molecular complexity index is 1420. The Labute approximate surface area is 225 Å². The van der Waals surface area contributed by atoms with Gasteiger partial charge in [0.15, 0.2) is 12.2 Å². The van der Waals surface area contributed by atoms with Crippen molar-refractivity contribution in [2.45, 2.75) is 12.2 Å². The lowest BCUT2D eigenvalue weighted by molar-refractivity contribution is -0.124. The Morgan fingerprint density at radius 2 is 1.59 bits per heavy atom. The summed E-state index contributed by atoms with van der Waals surface area (Å²) in [7, 11) is 0. The Morgan fingerprint density at radius 1 is 0.872 bits per heavy atom. The normalized spacial score (nSPS) is 12.5. The molecular formula is C30H28N2O7. The van der Waals surface area contributed by atoms with E-state index in [4.69, 9.17) is 24.5 Å². The Hall–Kier alpha value is -4.86. The van der Waals surface area contributed by atoms with E-state index in [-0.39, 0.29) is 13.2 Å². The van der Waals surface area contributed by atoms with Gasteiger partial charge in [0.05, 0.1) is 12.3 Å². The molecule has 200 valence electrons. The predicted molar refractivity (Wildman–Crippen MR) is 146 cm³/mol. The van der Waals surface area contributed by atoms with Crippen LogP contribution in [0.4, 0.5) is 10.5 Å². The van der Waals surface area contributed by atoms with Gasteiger partial charge in [-0.25, -0.2) is 10.3 Å². The first-order valence-corrected chi connectivity index (χ1v) is 12.2. The first kappa shape index (κ1) is 27.2. The molecule has 0 fully saturated rings. The van der Waals surface area contributed by atoms with Gasteiger partial charge in [-0.1, -0.05) is 66.7 Å². The molecule has 39 heavy (non-hydrogen) atoms. The molecule has 0 radical (unpaired) electrons. The Balaban J connectivity index is 1.69. The van der Waals surface area contributed by atoms with Crippen LogP contribution < -0.4 is 20.3 Å². The van der Waals surface area contributed by atoms with E-state index in [0.717, 1.165) is 16.8 Å². The van der Waals surface area contributed by atoms with Gasteiger partial charge < -0.3 is 19.3 Å². The number of aliphatic hydroxyl groups excluding tert-OH is 1. The van der Waals surface area contributed by atoms with Crippen LogP contribution in [0, 0.1) is 0 Å². The third-order valence-corrected chi connectivity index (χ3v) is 5.67. The van der Waals surface area contributed by atoms with Gasteiger partial charge in [0.2, 0.25) is 0 Å². The molecule has 2 atom stereocenters. The molecule has 0 aliphatic carbocycles. The number of para-hydroxylation sites is 1. The van der Waals surface area contributed by atoms with Gasteiger partial charge in [-0.2, -0.15) is 0 Å². The summed E-state index contributed by atoms with van der Waals surface area (Å²) in [6.07, 6.45) is -0.328. The number of hydroxylamine groups is 1. The molecule has 0 unspecified atom stereocenters. The van der Waals surface area contributed by atoms with Crippen LogP contribution in [-0.2, 0) is 9.53 Å². The summed E-state index contributed by atoms with van der Waals surface area (Å²) in [6, 6.07) is 28.8. The zero-order chi connectivity index (χ0) is 27.5. The number of fused-ring (bicyclic) bond motifs is 1. The van der Waals surface area contributed by atoms with E-state index in [0.29, 0.717) is 22.7 Å². The fourth-order valence-electron chi connectivity index (χ4n) is 3.94. The minimum atomic E-state index is -1.05. The van der Waals surface area contributed by atoms with Crippen molar-refractivity contribution in [1.82, 2.24) is 5.48 Å². The zero-order valence-electron chi connectivity index (χ0n) is 20.9. The molecule has 2 amide bonds. The molecule has 0 bridgehead atoms. The highest BCUT2D eigenvalue weighted by atomic mass is 16.6. The summed E-state index contributed by atoms with van der Waals surface area (Å²) in [5.74, 6) is 0.128. The van der Waals surface area contributed by atoms with Crippen molar-refractivity contribution >= 4 is 28.5 Å². The number of carbonyl (C=O) groups excluding carboxylic acids is 2. The second-order valence-corrected chi connectivity index (χ2v) is 8.35. The van der Waals surface area contributed by atoms with Crippen molar-refractivity contribution in [3.63, 3.8) is 0 Å². The fourth-order valence-corrected chi connectivity index (χ4v) is 3.94. The molecule has 0 saturated carbocycles. The largest absolute Gasteiger partial charge is 0.491 e. The number of benzene rings is 4. The van der Waals surface area contributed by atoms with E-state index in [2.05, 4.69) is 5.32 Å². The molecule has 0 aliphatic rings. The second kappa shape index (κ2) is 13.6. The van der Waals surface area contributed by atoms with Crippen LogP contribution in [0.25, 0.3) is 10.8 Å². The predicted octanol–water partition coefficient (Wildman–Crippen LogP) is 5.01. The van der Waals surface area contributed by atoms with E-state index in [9.17, 15) is 9.59 Å². The van der Waals surface area contributed by atoms with E-state index in [1.54, 1.807) is 60.1 Å². The van der Waals surface area contributed by atoms with Gasteiger partial charge in [0.25, 0.3) is 5.91 Å². The highest BCUT2D eigenvalue weighted by Gasteiger charge is 2.28. The number of aliphatic hydroxyl groups is 1. The Morgan fingerprint density at radius 3 is 2.38 bits per heavy atom. The van der Waals surface area contributed by atoms with E-state index in [1.165, 1.54) is 6.08 Å². The molecule has 0 heterocycles. The lowest BCUT2D eigenvalue weighted by atomic mass is 10.0. The third-order valence-electron chi connectivity index (χ3n) is 5.67. The van der Waals surface area contributed by atoms with Gasteiger partial charge in [-0.15, -0.1) is 0 Å². The summed E-state index contributed by atoms with van der Waals surface area (Å²) in [5, 5.41) is 22.7. The molecule has 4 rings (SSSR count). The van der Waals surface area contributed by atoms with Crippen LogP contribution >= 0.6 is 0 Å². The summed E-state index contributed by atoms with van der Waals surface area (Å²) in [5.41, 5.74) is 2.61. The maximum atomic E-state index is 13.3. The monoisotopic (exact) mass is 528 g/mol. The summed E-state index contributed by atoms with van der Waals surface area (Å²) in [6.45, 7) is -0.0899. The number of anilines is 1. The number of ether oxygens (including phenoxy) is 3. The second-order valence-electron chi connectivity index (χ2n) is 8.35. The fraction of sp³-hybridized carbons (Fsp3) is 0.133. The lowest BCUT2D eigenvalue weighted by Gasteiger charge is -2.26. The molecule has 4 N–H and O–H groups in total. The molecule has 4 aromatic carbocycles. The third kappa shape index (κ3) is 7.57. The van der Waals surface area contributed by atoms with Crippen molar-refractivity contribution in [3.05, 3.63) is 115 Å². The minimum Gasteiger partial charge on any atom is -0.491 e. The zero-order valence-corrected chi connectivity index (χ0v) is 20.9. The quantitative estimate of drug-likeness (QED) is 0.122. The first-order chi connectivity index (χ1) is 19.1. The molecule has 9 heteroatoms. The van der Waals surface area contributed by atoms with Crippen molar-refractivity contribution in [2.75, 3.05) is 18.5 Å². The summed E-state index contributed by atoms with van der Waals surface area (Å²) >= 11 is 0. The Kier molecular flexibility index (Phi) is 9.49. The van der Waals surface area contributed by atoms with Crippen LogP contribution in [0.3, 0.4) is 0 Å². The van der Waals surface area contributed by atoms with Crippen LogP contribution in [0.5, 0.6) is 11.5 Å². The molecule has 0 aromatic heterocycles. The number of carbonyl (C=O) groups is 2. The summed E-state index contributed by atoms with van der Waals surface area (Å²) < 4.78 is 17.6. The maximum Gasteiger partial charge on any atom is 0.412 e. The van der Waals surface area contributed by atoms with Crippen LogP contribution in [0.15, 0.2) is 109 Å². The topological polar surface area (TPSA) is 126 Å². The first-order valence-electron chi connectivity index (χ1n) is 12.2. The maximum absolute atomic E-state index is 13.3. The van der Waals surface area contributed by atoms with Gasteiger partial charge in [0.1, 0.15) is 18.1 Å². The number of hydrogen-bond donors (Lipinski definition) is 4. The summed E-state index contributed by atoms with van der Waals surface area (Å²) in [4.78, 5) is 25.1. The van der Waals surface area contributed by atoms with Crippen molar-refractivity contribution < 1.29 is 34.1 Å². The highest BCUT2D eigenvalue weighted by Crippen LogP contribution is 2.30. The number of nitrogens with one attached hydrogen (secondary N) is 2. The number of hydrogen-bond acceptors (Lipinski definition) is 7. The molecule has 4 aromatic rings. The van der Waals surface area contributed by atoms with Gasteiger partial charge >= 0.3 is 6.09 Å². The molecular weight excluding hydrogens is 500 g/mol. The van der Waals surface area contributed by atoms with E-state index < -0.39 is 24.2 Å². The van der Waals surface area contributed by atoms with Crippen molar-refractivity contribution in [3.8, 4) is 11.5 Å². The van der Waals surface area contributed by atoms with Crippen molar-refractivity contribution in [2.24, 2.45) is 0 Å². The smallest absolute Gasteiger partial charge is 0.412 e. The lowest BCUT2D eigenvalue weighted by Crippen LogP contribution is -2.30. The average Bonchev–Trinajstić information content (AvgIpc) is 2.97. The van der Waals surface area contributed by atoms with Crippen molar-refractivity contribution in [1.29, 1.82) is 0 Å². The van der Waals surface area contributed by atoms with Crippen LogP contribution in [0.1, 0.15) is 11.7 Å². The van der Waals surface area contributed by atoms with Crippen LogP contribution in [-0.4, -0.2) is 41.6 Å². The average molecular weight is 529 g/mol. The van der Waals surface area contributed by atoms with Gasteiger partial charge in [0, 0.05) is 17.0 Å². The molecule has 0 spiro atoms. The standard InChI is InChI=1S/C30H28N2O7/c33-18-19-37-24-13-6-10-22(20-24)29(27(16-17-28(34)32-36)38-23-11-2-1-3-12-23)39-30(35)31-26-15-7-9-21-8-4-5-14-25(21)26/h1-17,20,27,29,33,36H,18-19H2,(H,31,35)(H,32,34)/b17-16+/t27-,29-/m1/s1. The molecule has 0 saturated heterocycles. The molecule has 0 aliphatic heterocycles. The molecule has 9 nitrogen and oxygen atoms in total. The van der Waals surface area contributed by atoms with E-state index in [1.807, 2.05) is 42.5 Å². The SMILES string of the molecule is O=C(/C=C/[C@@H](Oc1ccccc1)[C@H](OC(=O)Nc1cccc2ccccc12)c1cccc(OCCO)c1)NO. The number of rotatable bonds is 11. The minimum absolute atomic E-state index is 0.0804. The highest BCUT2D eigenvalue weighted by molar-refractivity contribution is 6.00.